The highest BCUT2D eigenvalue weighted by atomic mass is 32.1. The second-order valence-corrected chi connectivity index (χ2v) is 6.55. The van der Waals surface area contributed by atoms with E-state index in [1.54, 1.807) is 24.3 Å². The van der Waals surface area contributed by atoms with E-state index in [4.69, 9.17) is 18.0 Å². The van der Waals surface area contributed by atoms with E-state index in [1.165, 1.54) is 25.7 Å². The zero-order valence-electron chi connectivity index (χ0n) is 12.6. The van der Waals surface area contributed by atoms with Gasteiger partial charge < -0.3 is 11.1 Å². The van der Waals surface area contributed by atoms with E-state index in [-0.39, 0.29) is 5.91 Å². The molecule has 3 N–H and O–H groups in total. The normalized spacial score (nSPS) is 21.8. The highest BCUT2D eigenvalue weighted by Gasteiger charge is 2.18. The van der Waals surface area contributed by atoms with Gasteiger partial charge in [0.15, 0.2) is 0 Å². The Hall–Kier alpha value is -1.42. The molecule has 0 bridgehead atoms. The predicted octanol–water partition coefficient (Wildman–Crippen LogP) is 3.27. The van der Waals surface area contributed by atoms with Crippen LogP contribution in [0.4, 0.5) is 0 Å². The SMILES string of the molecule is CC1CCC(CCNC(=O)c2ccc(C(N)=S)cc2)CC1. The summed E-state index contributed by atoms with van der Waals surface area (Å²) in [7, 11) is 0. The van der Waals surface area contributed by atoms with Gasteiger partial charge in [0.1, 0.15) is 4.99 Å². The van der Waals surface area contributed by atoms with Gasteiger partial charge in [-0.2, -0.15) is 0 Å². The third kappa shape index (κ3) is 4.81. The molecular formula is C17H24N2OS. The summed E-state index contributed by atoms with van der Waals surface area (Å²) in [6.07, 6.45) is 6.36. The maximum Gasteiger partial charge on any atom is 0.251 e. The van der Waals surface area contributed by atoms with Crippen molar-refractivity contribution in [1.29, 1.82) is 0 Å². The number of rotatable bonds is 5. The molecule has 1 aliphatic carbocycles. The quantitative estimate of drug-likeness (QED) is 0.821. The summed E-state index contributed by atoms with van der Waals surface area (Å²) in [6.45, 7) is 3.09. The molecule has 1 aliphatic rings. The van der Waals surface area contributed by atoms with Crippen LogP contribution in [0.15, 0.2) is 24.3 Å². The second kappa shape index (κ2) is 7.55. The van der Waals surface area contributed by atoms with Crippen LogP contribution >= 0.6 is 12.2 Å². The summed E-state index contributed by atoms with van der Waals surface area (Å²) < 4.78 is 0. The molecule has 0 spiro atoms. The number of carbonyl (C=O) groups is 1. The highest BCUT2D eigenvalue weighted by Crippen LogP contribution is 2.29. The van der Waals surface area contributed by atoms with Crippen LogP contribution in [0, 0.1) is 11.8 Å². The lowest BCUT2D eigenvalue weighted by molar-refractivity contribution is 0.0949. The summed E-state index contributed by atoms with van der Waals surface area (Å²) in [4.78, 5) is 12.4. The standard InChI is InChI=1S/C17H24N2OS/c1-12-2-4-13(5-3-12)10-11-19-17(20)15-8-6-14(7-9-15)16(18)21/h6-9,12-13H,2-5,10-11H2,1H3,(H2,18,21)(H,19,20). The fourth-order valence-electron chi connectivity index (χ4n) is 2.90. The molecule has 21 heavy (non-hydrogen) atoms. The van der Waals surface area contributed by atoms with Gasteiger partial charge in [0.25, 0.3) is 5.91 Å². The van der Waals surface area contributed by atoms with Crippen molar-refractivity contribution in [2.24, 2.45) is 17.6 Å². The molecule has 0 unspecified atom stereocenters. The lowest BCUT2D eigenvalue weighted by Gasteiger charge is -2.26. The summed E-state index contributed by atoms with van der Waals surface area (Å²) in [5.74, 6) is 1.63. The van der Waals surface area contributed by atoms with Gasteiger partial charge in [-0.25, -0.2) is 0 Å². The van der Waals surface area contributed by atoms with E-state index in [1.807, 2.05) is 0 Å². The fraction of sp³-hybridized carbons (Fsp3) is 0.529. The van der Waals surface area contributed by atoms with Crippen molar-refractivity contribution in [2.75, 3.05) is 6.54 Å². The first-order valence-electron chi connectivity index (χ1n) is 7.74. The van der Waals surface area contributed by atoms with Crippen LogP contribution in [-0.4, -0.2) is 17.4 Å². The van der Waals surface area contributed by atoms with Crippen LogP contribution in [0.3, 0.4) is 0 Å². The van der Waals surface area contributed by atoms with Crippen LogP contribution in [0.2, 0.25) is 0 Å². The van der Waals surface area contributed by atoms with E-state index in [2.05, 4.69) is 12.2 Å². The predicted molar refractivity (Wildman–Crippen MR) is 90.4 cm³/mol. The molecule has 0 atom stereocenters. The van der Waals surface area contributed by atoms with Crippen molar-refractivity contribution in [3.63, 3.8) is 0 Å². The van der Waals surface area contributed by atoms with Crippen LogP contribution in [0.25, 0.3) is 0 Å². The minimum atomic E-state index is -0.0198. The number of nitrogens with one attached hydrogen (secondary N) is 1. The lowest BCUT2D eigenvalue weighted by atomic mass is 9.81. The average molecular weight is 304 g/mol. The molecule has 1 fully saturated rings. The summed E-state index contributed by atoms with van der Waals surface area (Å²) in [6, 6.07) is 7.12. The zero-order chi connectivity index (χ0) is 15.2. The Morgan fingerprint density at radius 1 is 1.19 bits per heavy atom. The fourth-order valence-corrected chi connectivity index (χ4v) is 3.03. The molecule has 0 heterocycles. The minimum Gasteiger partial charge on any atom is -0.389 e. The Morgan fingerprint density at radius 2 is 1.76 bits per heavy atom. The summed E-state index contributed by atoms with van der Waals surface area (Å²) in [5.41, 5.74) is 6.99. The molecule has 0 saturated heterocycles. The Balaban J connectivity index is 1.75. The molecule has 1 aromatic carbocycles. The Labute approximate surface area is 132 Å². The molecule has 3 nitrogen and oxygen atoms in total. The number of hydrogen-bond acceptors (Lipinski definition) is 2. The van der Waals surface area contributed by atoms with Gasteiger partial charge in [-0.1, -0.05) is 57.0 Å². The number of hydrogen-bond donors (Lipinski definition) is 2. The number of benzene rings is 1. The summed E-state index contributed by atoms with van der Waals surface area (Å²) in [5, 5.41) is 3.00. The molecule has 114 valence electrons. The van der Waals surface area contributed by atoms with E-state index in [0.29, 0.717) is 10.6 Å². The number of nitrogens with two attached hydrogens (primary N) is 1. The maximum atomic E-state index is 12.0. The molecule has 2 rings (SSSR count). The Kier molecular flexibility index (Phi) is 5.74. The van der Waals surface area contributed by atoms with E-state index < -0.39 is 0 Å². The van der Waals surface area contributed by atoms with Crippen molar-refractivity contribution in [1.82, 2.24) is 5.32 Å². The average Bonchev–Trinajstić information content (AvgIpc) is 2.49. The molecule has 4 heteroatoms. The highest BCUT2D eigenvalue weighted by molar-refractivity contribution is 7.80. The van der Waals surface area contributed by atoms with E-state index >= 15 is 0 Å². The molecule has 1 saturated carbocycles. The monoisotopic (exact) mass is 304 g/mol. The third-order valence-electron chi connectivity index (χ3n) is 4.41. The molecule has 1 aromatic rings. The number of carbonyl (C=O) groups excluding carboxylic acids is 1. The molecule has 0 aromatic heterocycles. The topological polar surface area (TPSA) is 55.1 Å². The molecule has 0 aliphatic heterocycles. The van der Waals surface area contributed by atoms with Gasteiger partial charge in [-0.15, -0.1) is 0 Å². The first kappa shape index (κ1) is 16.0. The van der Waals surface area contributed by atoms with Crippen molar-refractivity contribution < 1.29 is 4.79 Å². The van der Waals surface area contributed by atoms with Crippen molar-refractivity contribution in [3.8, 4) is 0 Å². The lowest BCUT2D eigenvalue weighted by Crippen LogP contribution is -2.27. The molecule has 0 radical (unpaired) electrons. The van der Waals surface area contributed by atoms with Gasteiger partial charge in [-0.05, 0) is 30.4 Å². The second-order valence-electron chi connectivity index (χ2n) is 6.11. The van der Waals surface area contributed by atoms with Gasteiger partial charge >= 0.3 is 0 Å². The van der Waals surface area contributed by atoms with Crippen molar-refractivity contribution >= 4 is 23.1 Å². The van der Waals surface area contributed by atoms with Crippen LogP contribution < -0.4 is 11.1 Å². The smallest absolute Gasteiger partial charge is 0.251 e. The zero-order valence-corrected chi connectivity index (χ0v) is 13.4. The molecule has 1 amide bonds. The van der Waals surface area contributed by atoms with E-state index in [9.17, 15) is 4.79 Å². The first-order valence-corrected chi connectivity index (χ1v) is 8.15. The number of amides is 1. The Morgan fingerprint density at radius 3 is 2.33 bits per heavy atom. The van der Waals surface area contributed by atoms with Crippen LogP contribution in [-0.2, 0) is 0 Å². The van der Waals surface area contributed by atoms with Crippen LogP contribution in [0.5, 0.6) is 0 Å². The first-order chi connectivity index (χ1) is 10.1. The van der Waals surface area contributed by atoms with Gasteiger partial charge in [0.05, 0.1) is 0 Å². The van der Waals surface area contributed by atoms with Crippen molar-refractivity contribution in [2.45, 2.75) is 39.0 Å². The van der Waals surface area contributed by atoms with Crippen LogP contribution in [0.1, 0.15) is 54.9 Å². The van der Waals surface area contributed by atoms with Gasteiger partial charge in [0.2, 0.25) is 0 Å². The van der Waals surface area contributed by atoms with Gasteiger partial charge in [-0.3, -0.25) is 4.79 Å². The third-order valence-corrected chi connectivity index (χ3v) is 4.64. The van der Waals surface area contributed by atoms with Crippen molar-refractivity contribution in [3.05, 3.63) is 35.4 Å². The maximum absolute atomic E-state index is 12.0. The Bertz CT molecular complexity index is 490. The van der Waals surface area contributed by atoms with E-state index in [0.717, 1.165) is 30.4 Å². The minimum absolute atomic E-state index is 0.0198. The van der Waals surface area contributed by atoms with Gasteiger partial charge in [0, 0.05) is 17.7 Å². The largest absolute Gasteiger partial charge is 0.389 e. The summed E-state index contributed by atoms with van der Waals surface area (Å²) >= 11 is 4.90. The molecular weight excluding hydrogens is 280 g/mol. The number of thiocarbonyl (C=S) groups is 1.